The number of phenolic OH excluding ortho intramolecular Hbond substituents is 1. The quantitative estimate of drug-likeness (QED) is 0.729. The lowest BCUT2D eigenvalue weighted by Gasteiger charge is -2.36. The summed E-state index contributed by atoms with van der Waals surface area (Å²) < 4.78 is 5.89. The van der Waals surface area contributed by atoms with E-state index in [1.807, 2.05) is 31.2 Å². The van der Waals surface area contributed by atoms with Crippen LogP contribution in [0.2, 0.25) is 0 Å². The van der Waals surface area contributed by atoms with E-state index in [1.165, 1.54) is 17.7 Å². The molecule has 0 atom stereocenters. The maximum Gasteiger partial charge on any atom is 0.251 e. The van der Waals surface area contributed by atoms with E-state index in [9.17, 15) is 15.0 Å². The Balaban J connectivity index is 1.43. The van der Waals surface area contributed by atoms with Gasteiger partial charge in [0.15, 0.2) is 0 Å². The van der Waals surface area contributed by atoms with Crippen LogP contribution in [0.1, 0.15) is 41.6 Å². The molecule has 0 aromatic heterocycles. The number of benzene rings is 2. The van der Waals surface area contributed by atoms with Crippen LogP contribution < -0.4 is 10.1 Å². The van der Waals surface area contributed by atoms with Crippen molar-refractivity contribution in [2.45, 2.75) is 38.2 Å². The Morgan fingerprint density at radius 2 is 1.89 bits per heavy atom. The third kappa shape index (κ3) is 5.47. The number of aryl methyl sites for hydroxylation is 1. The molecule has 0 unspecified atom stereocenters. The van der Waals surface area contributed by atoms with Gasteiger partial charge in [0.2, 0.25) is 0 Å². The first-order chi connectivity index (χ1) is 12.9. The van der Waals surface area contributed by atoms with Gasteiger partial charge < -0.3 is 20.3 Å². The fourth-order valence-corrected chi connectivity index (χ4v) is 3.44. The van der Waals surface area contributed by atoms with Crippen molar-refractivity contribution in [3.05, 3.63) is 59.7 Å². The molecular weight excluding hydrogens is 342 g/mol. The first kappa shape index (κ1) is 19.2. The number of rotatable bonds is 6. The predicted molar refractivity (Wildman–Crippen MR) is 104 cm³/mol. The smallest absolute Gasteiger partial charge is 0.251 e. The highest BCUT2D eigenvalue weighted by molar-refractivity contribution is 5.94. The van der Waals surface area contributed by atoms with E-state index >= 15 is 0 Å². The average molecular weight is 369 g/mol. The Morgan fingerprint density at radius 1 is 1.19 bits per heavy atom. The zero-order chi connectivity index (χ0) is 19.3. The summed E-state index contributed by atoms with van der Waals surface area (Å²) in [5.41, 5.74) is 0.776. The molecule has 0 saturated heterocycles. The van der Waals surface area contributed by atoms with E-state index in [2.05, 4.69) is 5.32 Å². The van der Waals surface area contributed by atoms with Gasteiger partial charge in [0.1, 0.15) is 11.5 Å². The summed E-state index contributed by atoms with van der Waals surface area (Å²) in [7, 11) is 0. The van der Waals surface area contributed by atoms with E-state index < -0.39 is 5.60 Å². The lowest BCUT2D eigenvalue weighted by molar-refractivity contribution is -0.0129. The largest absolute Gasteiger partial charge is 0.508 e. The van der Waals surface area contributed by atoms with Crippen molar-refractivity contribution in [2.75, 3.05) is 13.2 Å². The SMILES string of the molecule is Cc1cccc(OC[C@H]2CC[C@](O)(CNC(=O)c3ccc(O)cc3)CC2)c1. The minimum Gasteiger partial charge on any atom is -0.508 e. The summed E-state index contributed by atoms with van der Waals surface area (Å²) in [6.45, 7) is 2.93. The van der Waals surface area contributed by atoms with Crippen LogP contribution in [0.25, 0.3) is 0 Å². The predicted octanol–water partition coefficient (Wildman–Crippen LogP) is 3.43. The van der Waals surface area contributed by atoms with Gasteiger partial charge in [0.05, 0.1) is 12.2 Å². The number of ether oxygens (including phenoxy) is 1. The van der Waals surface area contributed by atoms with Crippen LogP contribution in [0.15, 0.2) is 48.5 Å². The molecule has 0 radical (unpaired) electrons. The van der Waals surface area contributed by atoms with E-state index in [0.717, 1.165) is 18.6 Å². The summed E-state index contributed by atoms with van der Waals surface area (Å²) in [6.07, 6.45) is 3.03. The topological polar surface area (TPSA) is 78.8 Å². The highest BCUT2D eigenvalue weighted by Crippen LogP contribution is 2.32. The van der Waals surface area contributed by atoms with Crippen LogP contribution in [0.3, 0.4) is 0 Å². The van der Waals surface area contributed by atoms with Crippen molar-refractivity contribution in [2.24, 2.45) is 5.92 Å². The molecule has 0 heterocycles. The Labute approximate surface area is 160 Å². The number of nitrogens with one attached hydrogen (secondary N) is 1. The molecule has 5 nitrogen and oxygen atoms in total. The number of aromatic hydroxyl groups is 1. The summed E-state index contributed by atoms with van der Waals surface area (Å²) in [5.74, 6) is 1.18. The van der Waals surface area contributed by atoms with Gasteiger partial charge in [-0.1, -0.05) is 12.1 Å². The molecule has 144 valence electrons. The minimum absolute atomic E-state index is 0.122. The molecule has 3 rings (SSSR count). The van der Waals surface area contributed by atoms with Gasteiger partial charge in [0.25, 0.3) is 5.91 Å². The maximum atomic E-state index is 12.2. The van der Waals surface area contributed by atoms with Crippen LogP contribution >= 0.6 is 0 Å². The Hall–Kier alpha value is -2.53. The van der Waals surface area contributed by atoms with Gasteiger partial charge in [-0.3, -0.25) is 4.79 Å². The molecule has 27 heavy (non-hydrogen) atoms. The summed E-state index contributed by atoms with van der Waals surface area (Å²) in [4.78, 5) is 12.2. The van der Waals surface area contributed by atoms with Crippen molar-refractivity contribution in [3.8, 4) is 11.5 Å². The molecule has 2 aromatic rings. The second-order valence-corrected chi connectivity index (χ2v) is 7.52. The first-order valence-corrected chi connectivity index (χ1v) is 9.43. The molecule has 0 bridgehead atoms. The number of amides is 1. The molecule has 0 spiro atoms. The van der Waals surface area contributed by atoms with E-state index in [1.54, 1.807) is 12.1 Å². The van der Waals surface area contributed by atoms with E-state index in [4.69, 9.17) is 4.74 Å². The van der Waals surface area contributed by atoms with Crippen molar-refractivity contribution in [3.63, 3.8) is 0 Å². The van der Waals surface area contributed by atoms with Gasteiger partial charge >= 0.3 is 0 Å². The summed E-state index contributed by atoms with van der Waals surface area (Å²) in [6, 6.07) is 14.1. The van der Waals surface area contributed by atoms with Crippen molar-refractivity contribution in [1.82, 2.24) is 5.32 Å². The van der Waals surface area contributed by atoms with Gasteiger partial charge in [-0.15, -0.1) is 0 Å². The lowest BCUT2D eigenvalue weighted by Crippen LogP contribution is -2.45. The third-order valence-corrected chi connectivity index (χ3v) is 5.22. The monoisotopic (exact) mass is 369 g/mol. The second-order valence-electron chi connectivity index (χ2n) is 7.52. The number of carbonyl (C=O) groups is 1. The molecule has 1 aliphatic rings. The van der Waals surface area contributed by atoms with Crippen molar-refractivity contribution < 1.29 is 19.7 Å². The van der Waals surface area contributed by atoms with Gasteiger partial charge in [-0.25, -0.2) is 0 Å². The van der Waals surface area contributed by atoms with Crippen LogP contribution in [-0.2, 0) is 0 Å². The summed E-state index contributed by atoms with van der Waals surface area (Å²) in [5, 5.41) is 22.8. The molecule has 1 aliphatic carbocycles. The third-order valence-electron chi connectivity index (χ3n) is 5.22. The van der Waals surface area contributed by atoms with Crippen LogP contribution in [0, 0.1) is 12.8 Å². The molecule has 3 N–H and O–H groups in total. The van der Waals surface area contributed by atoms with Gasteiger partial charge in [-0.2, -0.15) is 0 Å². The standard InChI is InChI=1S/C22H27NO4/c1-16-3-2-4-20(13-16)27-14-17-9-11-22(26,12-10-17)15-23-21(25)18-5-7-19(24)8-6-18/h2-8,13,17,24,26H,9-12,14-15H2,1H3,(H,23,25)/t17-,22+. The second kappa shape index (κ2) is 8.44. The average Bonchev–Trinajstić information content (AvgIpc) is 2.66. The van der Waals surface area contributed by atoms with E-state index in [0.29, 0.717) is 30.9 Å². The number of phenols is 1. The van der Waals surface area contributed by atoms with Crippen molar-refractivity contribution in [1.29, 1.82) is 0 Å². The van der Waals surface area contributed by atoms with Crippen LogP contribution in [0.5, 0.6) is 11.5 Å². The molecule has 1 amide bonds. The van der Waals surface area contributed by atoms with Crippen LogP contribution in [-0.4, -0.2) is 34.9 Å². The number of aliphatic hydroxyl groups is 1. The molecule has 1 fully saturated rings. The molecule has 1 saturated carbocycles. The zero-order valence-electron chi connectivity index (χ0n) is 15.6. The maximum absolute atomic E-state index is 12.2. The van der Waals surface area contributed by atoms with Crippen molar-refractivity contribution >= 4 is 5.91 Å². The van der Waals surface area contributed by atoms with Gasteiger partial charge in [0, 0.05) is 12.1 Å². The first-order valence-electron chi connectivity index (χ1n) is 9.43. The Bertz CT molecular complexity index is 764. The van der Waals surface area contributed by atoms with E-state index in [-0.39, 0.29) is 18.2 Å². The number of hydrogen-bond acceptors (Lipinski definition) is 4. The normalized spacial score (nSPS) is 22.2. The van der Waals surface area contributed by atoms with Gasteiger partial charge in [-0.05, 0) is 80.5 Å². The fraction of sp³-hybridized carbons (Fsp3) is 0.409. The minimum atomic E-state index is -0.869. The fourth-order valence-electron chi connectivity index (χ4n) is 3.44. The Morgan fingerprint density at radius 3 is 2.56 bits per heavy atom. The number of carbonyl (C=O) groups excluding carboxylic acids is 1. The van der Waals surface area contributed by atoms with Crippen LogP contribution in [0.4, 0.5) is 0 Å². The number of hydrogen-bond donors (Lipinski definition) is 3. The zero-order valence-corrected chi connectivity index (χ0v) is 15.6. The molecular formula is C22H27NO4. The lowest BCUT2D eigenvalue weighted by atomic mass is 9.79. The highest BCUT2D eigenvalue weighted by Gasteiger charge is 2.33. The highest BCUT2D eigenvalue weighted by atomic mass is 16.5. The molecule has 2 aromatic carbocycles. The molecule has 5 heteroatoms. The summed E-state index contributed by atoms with van der Waals surface area (Å²) >= 11 is 0. The molecule has 0 aliphatic heterocycles. The Kier molecular flexibility index (Phi) is 6.01.